The number of hydrogen-bond acceptors (Lipinski definition) is 3. The molecular formula is C7H14N2O. The molecule has 0 atom stereocenters. The summed E-state index contributed by atoms with van der Waals surface area (Å²) in [5.74, 6) is 0. The monoisotopic (exact) mass is 142 g/mol. The van der Waals surface area contributed by atoms with E-state index in [4.69, 9.17) is 4.74 Å². The van der Waals surface area contributed by atoms with Crippen LogP contribution in [0.3, 0.4) is 0 Å². The Labute approximate surface area is 61.1 Å². The van der Waals surface area contributed by atoms with Gasteiger partial charge in [-0.05, 0) is 25.9 Å². The van der Waals surface area contributed by atoms with Gasteiger partial charge in [0.25, 0.3) is 0 Å². The van der Waals surface area contributed by atoms with Crippen LogP contribution in [0, 0.1) is 0 Å². The first-order valence-electron chi connectivity index (χ1n) is 3.97. The van der Waals surface area contributed by atoms with Gasteiger partial charge in [-0.2, -0.15) is 0 Å². The van der Waals surface area contributed by atoms with Crippen molar-refractivity contribution in [1.29, 1.82) is 0 Å². The van der Waals surface area contributed by atoms with Gasteiger partial charge in [0, 0.05) is 6.54 Å². The first kappa shape index (κ1) is 6.58. The summed E-state index contributed by atoms with van der Waals surface area (Å²) in [5.41, 5.74) is 0.200. The summed E-state index contributed by atoms with van der Waals surface area (Å²) >= 11 is 0. The molecule has 0 radical (unpaired) electrons. The summed E-state index contributed by atoms with van der Waals surface area (Å²) in [5, 5.41) is 6.56. The molecule has 58 valence electrons. The van der Waals surface area contributed by atoms with E-state index in [9.17, 15) is 0 Å². The van der Waals surface area contributed by atoms with Gasteiger partial charge >= 0.3 is 0 Å². The molecule has 3 heteroatoms. The Bertz CT molecular complexity index is 113. The fraction of sp³-hybridized carbons (Fsp3) is 1.00. The molecule has 2 aliphatic rings. The Kier molecular flexibility index (Phi) is 1.64. The van der Waals surface area contributed by atoms with E-state index in [1.165, 1.54) is 12.8 Å². The minimum absolute atomic E-state index is 0.200. The molecule has 0 saturated carbocycles. The lowest BCUT2D eigenvalue weighted by atomic mass is 9.93. The molecule has 2 fully saturated rings. The summed E-state index contributed by atoms with van der Waals surface area (Å²) in [7, 11) is 0. The van der Waals surface area contributed by atoms with E-state index >= 15 is 0 Å². The van der Waals surface area contributed by atoms with Gasteiger partial charge in [0.1, 0.15) is 0 Å². The second-order valence-corrected chi connectivity index (χ2v) is 3.15. The van der Waals surface area contributed by atoms with Crippen molar-refractivity contribution in [3.63, 3.8) is 0 Å². The van der Waals surface area contributed by atoms with Crippen molar-refractivity contribution in [1.82, 2.24) is 10.6 Å². The zero-order valence-corrected chi connectivity index (χ0v) is 6.15. The van der Waals surface area contributed by atoms with Gasteiger partial charge < -0.3 is 10.1 Å². The third kappa shape index (κ3) is 1.05. The number of piperidine rings is 1. The van der Waals surface area contributed by atoms with E-state index in [2.05, 4.69) is 10.6 Å². The molecule has 0 bridgehead atoms. The molecule has 0 aliphatic carbocycles. The van der Waals surface area contributed by atoms with Crippen LogP contribution in [0.1, 0.15) is 12.8 Å². The molecule has 0 unspecified atom stereocenters. The topological polar surface area (TPSA) is 33.3 Å². The van der Waals surface area contributed by atoms with Gasteiger partial charge in [-0.3, -0.25) is 5.32 Å². The van der Waals surface area contributed by atoms with Crippen molar-refractivity contribution >= 4 is 0 Å². The van der Waals surface area contributed by atoms with Gasteiger partial charge in [0.15, 0.2) is 0 Å². The number of hydrogen-bond donors (Lipinski definition) is 2. The van der Waals surface area contributed by atoms with E-state index in [1.54, 1.807) is 0 Å². The molecule has 2 N–H and O–H groups in total. The highest BCUT2D eigenvalue weighted by molar-refractivity contribution is 4.90. The van der Waals surface area contributed by atoms with Gasteiger partial charge in [0.05, 0.1) is 12.3 Å². The van der Waals surface area contributed by atoms with E-state index in [1.807, 2.05) is 0 Å². The average molecular weight is 142 g/mol. The van der Waals surface area contributed by atoms with Crippen molar-refractivity contribution in [2.24, 2.45) is 0 Å². The SMILES string of the molecule is C1CC2(CCN1)CNCO2. The minimum atomic E-state index is 0.200. The first-order chi connectivity index (χ1) is 4.91. The zero-order chi connectivity index (χ0) is 6.86. The summed E-state index contributed by atoms with van der Waals surface area (Å²) in [6.07, 6.45) is 2.33. The van der Waals surface area contributed by atoms with Crippen molar-refractivity contribution < 1.29 is 4.74 Å². The average Bonchev–Trinajstić information content (AvgIpc) is 2.39. The molecule has 2 saturated heterocycles. The lowest BCUT2D eigenvalue weighted by Gasteiger charge is -2.31. The Morgan fingerprint density at radius 2 is 1.90 bits per heavy atom. The van der Waals surface area contributed by atoms with Crippen LogP contribution in [0.2, 0.25) is 0 Å². The van der Waals surface area contributed by atoms with Crippen LogP contribution in [0.25, 0.3) is 0 Å². The zero-order valence-electron chi connectivity index (χ0n) is 6.15. The second-order valence-electron chi connectivity index (χ2n) is 3.15. The minimum Gasteiger partial charge on any atom is -0.358 e. The molecule has 0 aromatic carbocycles. The quantitative estimate of drug-likeness (QED) is 0.486. The largest absolute Gasteiger partial charge is 0.358 e. The predicted molar refractivity (Wildman–Crippen MR) is 38.8 cm³/mol. The van der Waals surface area contributed by atoms with Crippen LogP contribution in [0.15, 0.2) is 0 Å². The standard InChI is InChI=1S/C7H14N2O/c1-3-8-4-2-7(1)5-9-6-10-7/h8-9H,1-6H2. The maximum atomic E-state index is 5.63. The highest BCUT2D eigenvalue weighted by atomic mass is 16.5. The van der Waals surface area contributed by atoms with Crippen molar-refractivity contribution in [3.8, 4) is 0 Å². The molecule has 3 nitrogen and oxygen atoms in total. The molecule has 10 heavy (non-hydrogen) atoms. The van der Waals surface area contributed by atoms with Gasteiger partial charge in [0.2, 0.25) is 0 Å². The molecule has 1 spiro atoms. The highest BCUT2D eigenvalue weighted by Gasteiger charge is 2.35. The Hall–Kier alpha value is -0.120. The summed E-state index contributed by atoms with van der Waals surface area (Å²) in [6.45, 7) is 4.03. The van der Waals surface area contributed by atoms with Crippen LogP contribution < -0.4 is 10.6 Å². The molecule has 2 rings (SSSR count). The van der Waals surface area contributed by atoms with Gasteiger partial charge in [-0.15, -0.1) is 0 Å². The Morgan fingerprint density at radius 3 is 2.50 bits per heavy atom. The normalized spacial score (nSPS) is 31.2. The number of rotatable bonds is 0. The molecule has 0 aromatic heterocycles. The fourth-order valence-electron chi connectivity index (χ4n) is 1.74. The third-order valence-corrected chi connectivity index (χ3v) is 2.44. The smallest absolute Gasteiger partial charge is 0.0974 e. The Morgan fingerprint density at radius 1 is 1.10 bits per heavy atom. The first-order valence-corrected chi connectivity index (χ1v) is 3.97. The summed E-state index contributed by atoms with van der Waals surface area (Å²) < 4.78 is 5.63. The summed E-state index contributed by atoms with van der Waals surface area (Å²) in [6, 6.07) is 0. The van der Waals surface area contributed by atoms with E-state index in [0.717, 1.165) is 26.4 Å². The maximum Gasteiger partial charge on any atom is 0.0974 e. The number of nitrogens with one attached hydrogen (secondary N) is 2. The van der Waals surface area contributed by atoms with Crippen molar-refractivity contribution in [2.75, 3.05) is 26.4 Å². The third-order valence-electron chi connectivity index (χ3n) is 2.44. The molecular weight excluding hydrogens is 128 g/mol. The fourth-order valence-corrected chi connectivity index (χ4v) is 1.74. The van der Waals surface area contributed by atoms with Crippen LogP contribution in [0.5, 0.6) is 0 Å². The maximum absolute atomic E-state index is 5.63. The summed E-state index contributed by atoms with van der Waals surface area (Å²) in [4.78, 5) is 0. The lowest BCUT2D eigenvalue weighted by Crippen LogP contribution is -2.44. The molecule has 2 aliphatic heterocycles. The van der Waals surface area contributed by atoms with Crippen molar-refractivity contribution in [3.05, 3.63) is 0 Å². The molecule has 0 amide bonds. The van der Waals surface area contributed by atoms with Crippen LogP contribution in [-0.4, -0.2) is 32.0 Å². The van der Waals surface area contributed by atoms with Crippen LogP contribution >= 0.6 is 0 Å². The lowest BCUT2D eigenvalue weighted by molar-refractivity contribution is -0.0120. The van der Waals surface area contributed by atoms with Crippen LogP contribution in [-0.2, 0) is 4.74 Å². The predicted octanol–water partition coefficient (Wildman–Crippen LogP) is -0.314. The Balaban J connectivity index is 1.98. The van der Waals surface area contributed by atoms with Gasteiger partial charge in [-0.25, -0.2) is 0 Å². The molecule has 2 heterocycles. The van der Waals surface area contributed by atoms with Crippen LogP contribution in [0.4, 0.5) is 0 Å². The van der Waals surface area contributed by atoms with E-state index in [-0.39, 0.29) is 5.60 Å². The van der Waals surface area contributed by atoms with E-state index in [0.29, 0.717) is 0 Å². The second kappa shape index (κ2) is 2.49. The van der Waals surface area contributed by atoms with Crippen molar-refractivity contribution in [2.45, 2.75) is 18.4 Å². The molecule has 0 aromatic rings. The van der Waals surface area contributed by atoms with E-state index < -0.39 is 0 Å². The number of ether oxygens (including phenoxy) is 1. The van der Waals surface area contributed by atoms with Gasteiger partial charge in [-0.1, -0.05) is 0 Å². The highest BCUT2D eigenvalue weighted by Crippen LogP contribution is 2.24.